The van der Waals surface area contributed by atoms with Crippen molar-refractivity contribution in [2.24, 2.45) is 0 Å². The smallest absolute Gasteiger partial charge is 0.0486 e. The second-order valence-corrected chi connectivity index (χ2v) is 2.97. The average Bonchev–Trinajstić information content (AvgIpc) is 1.58. The van der Waals surface area contributed by atoms with Crippen LogP contribution < -0.4 is 0 Å². The van der Waals surface area contributed by atoms with E-state index in [1.54, 1.807) is 0 Å². The molecule has 1 aliphatic rings. The van der Waals surface area contributed by atoms with Gasteiger partial charge in [0.25, 0.3) is 0 Å². The molecule has 1 heterocycles. The Morgan fingerprint density at radius 2 is 2.57 bits per heavy atom. The predicted octanol–water partition coefficient (Wildman–Crippen LogP) is 1.12. The highest BCUT2D eigenvalue weighted by molar-refractivity contribution is 7.98. The van der Waals surface area contributed by atoms with E-state index in [1.807, 2.05) is 0 Å². The van der Waals surface area contributed by atoms with E-state index in [0.717, 1.165) is 6.54 Å². The third kappa shape index (κ3) is 1.08. The summed E-state index contributed by atoms with van der Waals surface area (Å²) in [5.41, 5.74) is 0. The van der Waals surface area contributed by atoms with Gasteiger partial charge in [0.05, 0.1) is 0 Å². The molecule has 7 heavy (non-hydrogen) atoms. The first-order chi connectivity index (χ1) is 3.33. The SMILES string of the molecule is CCC1CN(O)S1. The monoisotopic (exact) mass is 119 g/mol. The van der Waals surface area contributed by atoms with Gasteiger partial charge in [0, 0.05) is 11.8 Å². The van der Waals surface area contributed by atoms with Gasteiger partial charge in [-0.1, -0.05) is 6.92 Å². The molecule has 0 bridgehead atoms. The molecule has 42 valence electrons. The Morgan fingerprint density at radius 1 is 2.00 bits per heavy atom. The minimum Gasteiger partial charge on any atom is -0.303 e. The summed E-state index contributed by atoms with van der Waals surface area (Å²) in [6, 6.07) is 0. The van der Waals surface area contributed by atoms with Crippen LogP contribution in [0.3, 0.4) is 0 Å². The van der Waals surface area contributed by atoms with Crippen molar-refractivity contribution in [3.05, 3.63) is 0 Å². The van der Waals surface area contributed by atoms with Crippen LogP contribution in [0.25, 0.3) is 0 Å². The fourth-order valence-corrected chi connectivity index (χ4v) is 1.25. The molecular weight excluding hydrogens is 110 g/mol. The molecule has 0 aliphatic carbocycles. The van der Waals surface area contributed by atoms with E-state index in [9.17, 15) is 0 Å². The van der Waals surface area contributed by atoms with E-state index >= 15 is 0 Å². The fourth-order valence-electron chi connectivity index (χ4n) is 0.541. The van der Waals surface area contributed by atoms with Gasteiger partial charge in [0.15, 0.2) is 0 Å². The molecule has 0 aromatic rings. The van der Waals surface area contributed by atoms with Crippen LogP contribution in [0, 0.1) is 0 Å². The standard InChI is InChI=1S/C4H9NOS/c1-2-4-3-5(6)7-4/h4,6H,2-3H2,1H3. The van der Waals surface area contributed by atoms with Crippen LogP contribution in [0.4, 0.5) is 0 Å². The minimum atomic E-state index is 0.685. The number of hydrogen-bond acceptors (Lipinski definition) is 3. The quantitative estimate of drug-likeness (QED) is 0.523. The van der Waals surface area contributed by atoms with Crippen molar-refractivity contribution in [3.8, 4) is 0 Å². The minimum absolute atomic E-state index is 0.685. The van der Waals surface area contributed by atoms with Crippen LogP contribution in [0.5, 0.6) is 0 Å². The molecule has 1 aliphatic heterocycles. The van der Waals surface area contributed by atoms with E-state index in [0.29, 0.717) is 5.25 Å². The molecule has 1 atom stereocenters. The van der Waals surface area contributed by atoms with E-state index < -0.39 is 0 Å². The summed E-state index contributed by atoms with van der Waals surface area (Å²) < 4.78 is 1.27. The highest BCUT2D eigenvalue weighted by atomic mass is 32.2. The van der Waals surface area contributed by atoms with Crippen LogP contribution >= 0.6 is 11.9 Å². The number of hydroxylamine groups is 1. The lowest BCUT2D eigenvalue weighted by atomic mass is 10.3. The van der Waals surface area contributed by atoms with Crippen LogP contribution in [-0.4, -0.2) is 21.5 Å². The Balaban J connectivity index is 2.06. The van der Waals surface area contributed by atoms with E-state index in [4.69, 9.17) is 5.21 Å². The van der Waals surface area contributed by atoms with Crippen molar-refractivity contribution in [2.45, 2.75) is 18.6 Å². The number of nitrogens with zero attached hydrogens (tertiary/aromatic N) is 1. The molecule has 1 unspecified atom stereocenters. The molecule has 0 aromatic carbocycles. The summed E-state index contributed by atoms with van der Waals surface area (Å²) in [6.45, 7) is 2.98. The Bertz CT molecular complexity index is 62.7. The second-order valence-electron chi connectivity index (χ2n) is 1.67. The van der Waals surface area contributed by atoms with Crippen molar-refractivity contribution in [3.63, 3.8) is 0 Å². The first-order valence-corrected chi connectivity index (χ1v) is 3.29. The van der Waals surface area contributed by atoms with Gasteiger partial charge in [-0.3, -0.25) is 0 Å². The van der Waals surface area contributed by atoms with Gasteiger partial charge in [0.2, 0.25) is 0 Å². The lowest BCUT2D eigenvalue weighted by Gasteiger charge is -2.31. The molecule has 1 saturated heterocycles. The molecule has 0 radical (unpaired) electrons. The lowest BCUT2D eigenvalue weighted by molar-refractivity contribution is -0.00259. The van der Waals surface area contributed by atoms with Crippen LogP contribution in [0.1, 0.15) is 13.3 Å². The number of hydrogen-bond donors (Lipinski definition) is 1. The maximum atomic E-state index is 8.55. The molecule has 0 spiro atoms. The molecule has 0 aromatic heterocycles. The predicted molar refractivity (Wildman–Crippen MR) is 30.2 cm³/mol. The summed E-state index contributed by atoms with van der Waals surface area (Å²) >= 11 is 1.52. The van der Waals surface area contributed by atoms with Gasteiger partial charge < -0.3 is 5.21 Å². The van der Waals surface area contributed by atoms with Crippen molar-refractivity contribution in [1.82, 2.24) is 4.47 Å². The molecule has 0 saturated carbocycles. The summed E-state index contributed by atoms with van der Waals surface area (Å²) in [6.07, 6.45) is 1.17. The Hall–Kier alpha value is 0.270. The Labute approximate surface area is 47.6 Å². The third-order valence-electron chi connectivity index (χ3n) is 1.09. The third-order valence-corrected chi connectivity index (χ3v) is 2.26. The largest absolute Gasteiger partial charge is 0.303 e. The summed E-state index contributed by atoms with van der Waals surface area (Å²) in [5, 5.41) is 9.23. The van der Waals surface area contributed by atoms with Gasteiger partial charge >= 0.3 is 0 Å². The van der Waals surface area contributed by atoms with Crippen LogP contribution in [0.2, 0.25) is 0 Å². The topological polar surface area (TPSA) is 23.5 Å². The maximum absolute atomic E-state index is 8.55. The highest BCUT2D eigenvalue weighted by Crippen LogP contribution is 2.28. The van der Waals surface area contributed by atoms with Gasteiger partial charge in [-0.05, 0) is 18.4 Å². The van der Waals surface area contributed by atoms with Gasteiger partial charge in [-0.2, -0.15) is 0 Å². The normalized spacial score (nSPS) is 32.6. The van der Waals surface area contributed by atoms with E-state index in [1.165, 1.54) is 22.8 Å². The zero-order chi connectivity index (χ0) is 5.28. The van der Waals surface area contributed by atoms with E-state index in [2.05, 4.69) is 6.92 Å². The molecule has 3 heteroatoms. The van der Waals surface area contributed by atoms with Crippen molar-refractivity contribution < 1.29 is 5.21 Å². The molecule has 1 N–H and O–H groups in total. The van der Waals surface area contributed by atoms with Gasteiger partial charge in [0.1, 0.15) is 0 Å². The first-order valence-electron chi connectivity index (χ1n) is 2.46. The number of rotatable bonds is 1. The molecule has 1 fully saturated rings. The molecule has 2 nitrogen and oxygen atoms in total. The summed E-state index contributed by atoms with van der Waals surface area (Å²) in [4.78, 5) is 0. The molecule has 0 amide bonds. The second kappa shape index (κ2) is 2.03. The lowest BCUT2D eigenvalue weighted by Crippen LogP contribution is -2.35. The van der Waals surface area contributed by atoms with E-state index in [-0.39, 0.29) is 0 Å². The Morgan fingerprint density at radius 3 is 2.71 bits per heavy atom. The van der Waals surface area contributed by atoms with Crippen LogP contribution in [0.15, 0.2) is 0 Å². The Kier molecular flexibility index (Phi) is 1.57. The fraction of sp³-hybridized carbons (Fsp3) is 1.00. The molecule has 1 rings (SSSR count). The molecular formula is C4H9NOS. The summed E-state index contributed by atoms with van der Waals surface area (Å²) in [7, 11) is 0. The first kappa shape index (κ1) is 5.41. The van der Waals surface area contributed by atoms with Gasteiger partial charge in [-0.15, -0.1) is 4.47 Å². The van der Waals surface area contributed by atoms with Crippen LogP contribution in [-0.2, 0) is 0 Å². The summed E-state index contributed by atoms with van der Waals surface area (Å²) in [5.74, 6) is 0. The van der Waals surface area contributed by atoms with Crippen molar-refractivity contribution in [1.29, 1.82) is 0 Å². The maximum Gasteiger partial charge on any atom is 0.0486 e. The average molecular weight is 119 g/mol. The highest BCUT2D eigenvalue weighted by Gasteiger charge is 2.23. The zero-order valence-electron chi connectivity index (χ0n) is 4.29. The van der Waals surface area contributed by atoms with Gasteiger partial charge in [-0.25, -0.2) is 0 Å². The zero-order valence-corrected chi connectivity index (χ0v) is 5.11. The van der Waals surface area contributed by atoms with Crippen molar-refractivity contribution in [2.75, 3.05) is 6.54 Å². The van der Waals surface area contributed by atoms with Crippen molar-refractivity contribution >= 4 is 11.9 Å².